The van der Waals surface area contributed by atoms with E-state index in [4.69, 9.17) is 5.26 Å². The fourth-order valence-electron chi connectivity index (χ4n) is 0.549. The van der Waals surface area contributed by atoms with Crippen LogP contribution in [-0.2, 0) is 6.42 Å². The van der Waals surface area contributed by atoms with Gasteiger partial charge in [-0.3, -0.25) is 0 Å². The molecule has 10 heavy (non-hydrogen) atoms. The zero-order chi connectivity index (χ0) is 7.40. The fraction of sp³-hybridized carbons (Fsp3) is 0.167. The second-order valence-corrected chi connectivity index (χ2v) is 2.36. The van der Waals surface area contributed by atoms with Crippen molar-refractivity contribution in [2.75, 3.05) is 0 Å². The molecule has 50 valence electrons. The molecule has 0 aliphatic heterocycles. The Morgan fingerprint density at radius 3 is 3.10 bits per heavy atom. The summed E-state index contributed by atoms with van der Waals surface area (Å²) < 4.78 is 0.528. The molecule has 1 aromatic heterocycles. The smallest absolute Gasteiger partial charge is 0.196 e. The van der Waals surface area contributed by atoms with Gasteiger partial charge in [0.15, 0.2) is 4.73 Å². The zero-order valence-corrected chi connectivity index (χ0v) is 6.67. The maximum Gasteiger partial charge on any atom is 0.196 e. The number of halogens is 1. The van der Waals surface area contributed by atoms with Crippen LogP contribution in [0.5, 0.6) is 0 Å². The lowest BCUT2D eigenvalue weighted by Crippen LogP contribution is -1.89. The third-order valence-electron chi connectivity index (χ3n) is 0.944. The molecule has 0 unspecified atom stereocenters. The molecule has 4 heteroatoms. The third kappa shape index (κ3) is 1.78. The zero-order valence-electron chi connectivity index (χ0n) is 5.08. The van der Waals surface area contributed by atoms with Crippen molar-refractivity contribution in [2.45, 2.75) is 6.42 Å². The molecule has 0 amide bonds. The number of nitriles is 1. The van der Waals surface area contributed by atoms with Gasteiger partial charge in [0, 0.05) is 6.20 Å². The SMILES string of the molecule is N#CCc1ccnc(Br)n1. The predicted molar refractivity (Wildman–Crippen MR) is 39.0 cm³/mol. The van der Waals surface area contributed by atoms with E-state index in [1.54, 1.807) is 12.3 Å². The molecule has 0 atom stereocenters. The quantitative estimate of drug-likeness (QED) is 0.639. The Hall–Kier alpha value is -0.950. The van der Waals surface area contributed by atoms with Crippen LogP contribution in [-0.4, -0.2) is 9.97 Å². The Bertz CT molecular complexity index is 266. The minimum atomic E-state index is 0.334. The van der Waals surface area contributed by atoms with Crippen molar-refractivity contribution in [3.8, 4) is 6.07 Å². The van der Waals surface area contributed by atoms with E-state index in [0.29, 0.717) is 11.2 Å². The van der Waals surface area contributed by atoms with Crippen molar-refractivity contribution < 1.29 is 0 Å². The Morgan fingerprint density at radius 1 is 1.70 bits per heavy atom. The lowest BCUT2D eigenvalue weighted by atomic mass is 10.3. The number of hydrogen-bond acceptors (Lipinski definition) is 3. The Morgan fingerprint density at radius 2 is 2.50 bits per heavy atom. The van der Waals surface area contributed by atoms with Gasteiger partial charge in [0.2, 0.25) is 0 Å². The van der Waals surface area contributed by atoms with E-state index in [2.05, 4.69) is 25.9 Å². The van der Waals surface area contributed by atoms with Crippen molar-refractivity contribution in [1.82, 2.24) is 9.97 Å². The summed E-state index contributed by atoms with van der Waals surface area (Å²) in [5, 5.41) is 8.28. The second kappa shape index (κ2) is 3.28. The van der Waals surface area contributed by atoms with E-state index < -0.39 is 0 Å². The van der Waals surface area contributed by atoms with E-state index in [-0.39, 0.29) is 0 Å². The highest BCUT2D eigenvalue weighted by Gasteiger charge is 1.93. The summed E-state index contributed by atoms with van der Waals surface area (Å²) in [4.78, 5) is 7.76. The van der Waals surface area contributed by atoms with Gasteiger partial charge in [-0.15, -0.1) is 0 Å². The van der Waals surface area contributed by atoms with Gasteiger partial charge in [-0.05, 0) is 22.0 Å². The molecule has 0 aliphatic carbocycles. The van der Waals surface area contributed by atoms with E-state index in [9.17, 15) is 0 Å². The maximum atomic E-state index is 8.28. The third-order valence-corrected chi connectivity index (χ3v) is 1.33. The van der Waals surface area contributed by atoms with Gasteiger partial charge in [-0.2, -0.15) is 5.26 Å². The summed E-state index contributed by atoms with van der Waals surface area (Å²) in [6, 6.07) is 3.72. The molecule has 3 nitrogen and oxygen atoms in total. The van der Waals surface area contributed by atoms with Gasteiger partial charge in [0.1, 0.15) is 0 Å². The average Bonchev–Trinajstić information content (AvgIpc) is 1.88. The summed E-state index contributed by atoms with van der Waals surface area (Å²) in [5.74, 6) is 0. The molecule has 0 aromatic carbocycles. The topological polar surface area (TPSA) is 49.6 Å². The van der Waals surface area contributed by atoms with Crippen molar-refractivity contribution in [2.24, 2.45) is 0 Å². The molecule has 1 rings (SSSR count). The van der Waals surface area contributed by atoms with Gasteiger partial charge in [0.05, 0.1) is 18.2 Å². The fourth-order valence-corrected chi connectivity index (χ4v) is 0.895. The minimum absolute atomic E-state index is 0.334. The Balaban J connectivity index is 2.87. The lowest BCUT2D eigenvalue weighted by Gasteiger charge is -1.91. The van der Waals surface area contributed by atoms with Crippen molar-refractivity contribution in [3.63, 3.8) is 0 Å². The maximum absolute atomic E-state index is 8.28. The summed E-state index contributed by atoms with van der Waals surface area (Å²) in [7, 11) is 0. The van der Waals surface area contributed by atoms with Gasteiger partial charge in [-0.25, -0.2) is 9.97 Å². The largest absolute Gasteiger partial charge is 0.231 e. The van der Waals surface area contributed by atoms with Crippen molar-refractivity contribution in [1.29, 1.82) is 5.26 Å². The van der Waals surface area contributed by atoms with E-state index in [1.165, 1.54) is 0 Å². The Kier molecular flexibility index (Phi) is 2.35. The number of nitrogens with zero attached hydrogens (tertiary/aromatic N) is 3. The summed E-state index contributed by atoms with van der Waals surface area (Å²) in [5.41, 5.74) is 0.740. The average molecular weight is 198 g/mol. The van der Waals surface area contributed by atoms with Crippen LogP contribution >= 0.6 is 15.9 Å². The highest BCUT2D eigenvalue weighted by atomic mass is 79.9. The number of rotatable bonds is 1. The summed E-state index contributed by atoms with van der Waals surface area (Å²) >= 11 is 3.10. The van der Waals surface area contributed by atoms with Crippen LogP contribution in [0.1, 0.15) is 5.69 Å². The number of hydrogen-bond donors (Lipinski definition) is 0. The van der Waals surface area contributed by atoms with Crippen molar-refractivity contribution in [3.05, 3.63) is 22.7 Å². The minimum Gasteiger partial charge on any atom is -0.231 e. The summed E-state index contributed by atoms with van der Waals surface area (Å²) in [6.45, 7) is 0. The standard InChI is InChI=1S/C6H4BrN3/c7-6-9-4-2-5(10-6)1-3-8/h2,4H,1H2. The van der Waals surface area contributed by atoms with E-state index >= 15 is 0 Å². The van der Waals surface area contributed by atoms with Gasteiger partial charge in [-0.1, -0.05) is 0 Å². The molecule has 0 spiro atoms. The second-order valence-electron chi connectivity index (χ2n) is 1.65. The molecule has 0 aliphatic rings. The van der Waals surface area contributed by atoms with Crippen LogP contribution in [0.2, 0.25) is 0 Å². The van der Waals surface area contributed by atoms with Crippen LogP contribution in [0, 0.1) is 11.3 Å². The molecular formula is C6H4BrN3. The van der Waals surface area contributed by atoms with Crippen LogP contribution < -0.4 is 0 Å². The monoisotopic (exact) mass is 197 g/mol. The first-order valence-electron chi connectivity index (χ1n) is 2.67. The normalized spacial score (nSPS) is 8.80. The van der Waals surface area contributed by atoms with Crippen LogP contribution in [0.4, 0.5) is 0 Å². The van der Waals surface area contributed by atoms with Crippen LogP contribution in [0.25, 0.3) is 0 Å². The molecular weight excluding hydrogens is 194 g/mol. The van der Waals surface area contributed by atoms with Gasteiger partial charge in [0.25, 0.3) is 0 Å². The molecule has 0 N–H and O–H groups in total. The van der Waals surface area contributed by atoms with E-state index in [0.717, 1.165) is 5.69 Å². The lowest BCUT2D eigenvalue weighted by molar-refractivity contribution is 1.02. The Labute approximate surface area is 66.9 Å². The van der Waals surface area contributed by atoms with Crippen LogP contribution in [0.3, 0.4) is 0 Å². The first kappa shape index (κ1) is 7.16. The van der Waals surface area contributed by atoms with E-state index in [1.807, 2.05) is 6.07 Å². The highest BCUT2D eigenvalue weighted by molar-refractivity contribution is 9.10. The predicted octanol–water partition coefficient (Wildman–Crippen LogP) is 1.31. The highest BCUT2D eigenvalue weighted by Crippen LogP contribution is 2.01. The molecule has 0 saturated heterocycles. The molecule has 0 saturated carbocycles. The molecule has 0 bridgehead atoms. The molecule has 1 aromatic rings. The van der Waals surface area contributed by atoms with Crippen LogP contribution in [0.15, 0.2) is 17.0 Å². The molecule has 0 radical (unpaired) electrons. The van der Waals surface area contributed by atoms with Crippen molar-refractivity contribution >= 4 is 15.9 Å². The molecule has 0 fully saturated rings. The van der Waals surface area contributed by atoms with Gasteiger partial charge >= 0.3 is 0 Å². The first-order valence-corrected chi connectivity index (χ1v) is 3.46. The van der Waals surface area contributed by atoms with Gasteiger partial charge < -0.3 is 0 Å². The molecule has 1 heterocycles. The first-order chi connectivity index (χ1) is 4.83. The summed E-state index contributed by atoms with van der Waals surface area (Å²) in [6.07, 6.45) is 1.95. The number of aromatic nitrogens is 2.